The summed E-state index contributed by atoms with van der Waals surface area (Å²) in [6.07, 6.45) is -1.30. The van der Waals surface area contributed by atoms with Gasteiger partial charge in [0.15, 0.2) is 18.2 Å². The van der Waals surface area contributed by atoms with Gasteiger partial charge in [-0.15, -0.1) is 12.4 Å². The molecule has 22 heavy (non-hydrogen) atoms. The third kappa shape index (κ3) is 4.88. The molecule has 0 radical (unpaired) electrons. The van der Waals surface area contributed by atoms with Crippen molar-refractivity contribution in [1.29, 1.82) is 0 Å². The Morgan fingerprint density at radius 3 is 2.55 bits per heavy atom. The van der Waals surface area contributed by atoms with Gasteiger partial charge in [-0.25, -0.2) is 4.39 Å². The molecule has 0 unspecified atom stereocenters. The molecule has 1 aromatic carbocycles. The summed E-state index contributed by atoms with van der Waals surface area (Å²) in [7, 11) is 0. The van der Waals surface area contributed by atoms with Crippen LogP contribution in [0.2, 0.25) is 0 Å². The van der Waals surface area contributed by atoms with Gasteiger partial charge in [-0.1, -0.05) is 6.07 Å². The molecular weight excluding hydrogens is 326 g/mol. The molecule has 122 valence electrons. The van der Waals surface area contributed by atoms with Crippen molar-refractivity contribution in [2.24, 2.45) is 5.73 Å². The van der Waals surface area contributed by atoms with Crippen molar-refractivity contribution in [2.45, 2.75) is 12.7 Å². The zero-order chi connectivity index (χ0) is 15.5. The number of alkyl halides is 3. The number of aromatic nitrogens is 2. The summed E-state index contributed by atoms with van der Waals surface area (Å²) in [4.78, 5) is 0. The lowest BCUT2D eigenvalue weighted by Gasteiger charge is -2.10. The van der Waals surface area contributed by atoms with Crippen LogP contribution in [-0.4, -0.2) is 29.1 Å². The second-order valence-electron chi connectivity index (χ2n) is 4.33. The van der Waals surface area contributed by atoms with E-state index in [4.69, 9.17) is 5.73 Å². The monoisotopic (exact) mass is 339 g/mol. The number of hydrogen-bond acceptors (Lipinski definition) is 3. The Morgan fingerprint density at radius 1 is 1.23 bits per heavy atom. The SMILES string of the molecule is Cl.NCCn1cc(-c2ccc(OCC(F)(F)F)c(F)c2)cn1. The van der Waals surface area contributed by atoms with E-state index in [1.807, 2.05) is 0 Å². The minimum absolute atomic E-state index is 0. The highest BCUT2D eigenvalue weighted by atomic mass is 35.5. The molecule has 0 spiro atoms. The van der Waals surface area contributed by atoms with Gasteiger partial charge in [0.05, 0.1) is 12.7 Å². The number of rotatable bonds is 5. The minimum Gasteiger partial charge on any atom is -0.481 e. The molecular formula is C13H14ClF4N3O. The average Bonchev–Trinajstić information content (AvgIpc) is 2.85. The van der Waals surface area contributed by atoms with E-state index < -0.39 is 24.3 Å². The van der Waals surface area contributed by atoms with Gasteiger partial charge < -0.3 is 10.5 Å². The Balaban J connectivity index is 0.00000242. The largest absolute Gasteiger partial charge is 0.481 e. The topological polar surface area (TPSA) is 53.1 Å². The normalized spacial score (nSPS) is 11.1. The Morgan fingerprint density at radius 2 is 1.95 bits per heavy atom. The summed E-state index contributed by atoms with van der Waals surface area (Å²) in [6.45, 7) is -0.591. The van der Waals surface area contributed by atoms with Crippen LogP contribution in [0.3, 0.4) is 0 Å². The van der Waals surface area contributed by atoms with Crippen molar-refractivity contribution in [3.63, 3.8) is 0 Å². The maximum atomic E-state index is 13.7. The van der Waals surface area contributed by atoms with E-state index in [0.717, 1.165) is 12.1 Å². The van der Waals surface area contributed by atoms with Gasteiger partial charge in [-0.3, -0.25) is 4.68 Å². The Labute approximate surface area is 130 Å². The summed E-state index contributed by atoms with van der Waals surface area (Å²) in [5.74, 6) is -1.30. The molecule has 0 saturated heterocycles. The van der Waals surface area contributed by atoms with Gasteiger partial charge in [0.1, 0.15) is 0 Å². The quantitative estimate of drug-likeness (QED) is 0.852. The molecule has 1 heterocycles. The molecule has 0 fully saturated rings. The number of benzene rings is 1. The van der Waals surface area contributed by atoms with Gasteiger partial charge in [-0.2, -0.15) is 18.3 Å². The molecule has 0 aliphatic heterocycles. The minimum atomic E-state index is -4.51. The maximum absolute atomic E-state index is 13.7. The van der Waals surface area contributed by atoms with Crippen LogP contribution >= 0.6 is 12.4 Å². The van der Waals surface area contributed by atoms with Gasteiger partial charge in [0, 0.05) is 18.3 Å². The fraction of sp³-hybridized carbons (Fsp3) is 0.308. The summed E-state index contributed by atoms with van der Waals surface area (Å²) >= 11 is 0. The van der Waals surface area contributed by atoms with Crippen molar-refractivity contribution in [1.82, 2.24) is 9.78 Å². The number of nitrogens with zero attached hydrogens (tertiary/aromatic N) is 2. The molecule has 4 nitrogen and oxygen atoms in total. The lowest BCUT2D eigenvalue weighted by molar-refractivity contribution is -0.153. The van der Waals surface area contributed by atoms with Gasteiger partial charge in [0.2, 0.25) is 0 Å². The Kier molecular flexibility index (Phi) is 6.19. The zero-order valence-corrected chi connectivity index (χ0v) is 12.1. The summed E-state index contributed by atoms with van der Waals surface area (Å²) in [5.41, 5.74) is 6.53. The summed E-state index contributed by atoms with van der Waals surface area (Å²) in [6, 6.07) is 3.74. The molecule has 9 heteroatoms. The lowest BCUT2D eigenvalue weighted by atomic mass is 10.1. The molecule has 0 amide bonds. The second kappa shape index (κ2) is 7.46. The Bertz CT molecular complexity index is 616. The van der Waals surface area contributed by atoms with Crippen molar-refractivity contribution in [3.05, 3.63) is 36.4 Å². The van der Waals surface area contributed by atoms with Gasteiger partial charge >= 0.3 is 6.18 Å². The predicted molar refractivity (Wildman–Crippen MR) is 75.5 cm³/mol. The van der Waals surface area contributed by atoms with Crippen molar-refractivity contribution >= 4 is 12.4 Å². The van der Waals surface area contributed by atoms with Crippen LogP contribution < -0.4 is 10.5 Å². The average molecular weight is 340 g/mol. The first-order valence-corrected chi connectivity index (χ1v) is 6.11. The number of nitrogens with two attached hydrogens (primary N) is 1. The van der Waals surface area contributed by atoms with E-state index >= 15 is 0 Å². The molecule has 0 bridgehead atoms. The third-order valence-corrected chi connectivity index (χ3v) is 2.65. The first-order chi connectivity index (χ1) is 9.89. The van der Waals surface area contributed by atoms with Crippen molar-refractivity contribution in [2.75, 3.05) is 13.2 Å². The van der Waals surface area contributed by atoms with E-state index in [-0.39, 0.29) is 12.4 Å². The van der Waals surface area contributed by atoms with E-state index in [2.05, 4.69) is 9.84 Å². The molecule has 0 atom stereocenters. The smallest absolute Gasteiger partial charge is 0.422 e. The highest BCUT2D eigenvalue weighted by Crippen LogP contribution is 2.26. The number of hydrogen-bond donors (Lipinski definition) is 1. The number of halogens is 5. The molecule has 1 aromatic heterocycles. The molecule has 2 aromatic rings. The van der Waals surface area contributed by atoms with Crippen LogP contribution in [0.15, 0.2) is 30.6 Å². The van der Waals surface area contributed by atoms with Crippen LogP contribution in [0.1, 0.15) is 0 Å². The maximum Gasteiger partial charge on any atom is 0.422 e. The van der Waals surface area contributed by atoms with E-state index in [1.54, 1.807) is 10.9 Å². The first kappa shape index (κ1) is 18.2. The fourth-order valence-corrected chi connectivity index (χ4v) is 1.72. The third-order valence-electron chi connectivity index (χ3n) is 2.65. The van der Waals surface area contributed by atoms with Crippen molar-refractivity contribution < 1.29 is 22.3 Å². The summed E-state index contributed by atoms with van der Waals surface area (Å²) < 4.78 is 55.8. The van der Waals surface area contributed by atoms with Crippen LogP contribution in [0.25, 0.3) is 11.1 Å². The van der Waals surface area contributed by atoms with Gasteiger partial charge in [-0.05, 0) is 17.7 Å². The molecule has 0 aliphatic carbocycles. The lowest BCUT2D eigenvalue weighted by Crippen LogP contribution is -2.19. The number of ether oxygens (including phenoxy) is 1. The highest BCUT2D eigenvalue weighted by molar-refractivity contribution is 5.85. The molecule has 2 N–H and O–H groups in total. The van der Waals surface area contributed by atoms with Gasteiger partial charge in [0.25, 0.3) is 0 Å². The second-order valence-corrected chi connectivity index (χ2v) is 4.33. The standard InChI is InChI=1S/C13H13F4N3O.ClH/c14-11-5-9(10-6-19-20(7-10)4-3-18)1-2-12(11)21-8-13(15,16)17;/h1-2,5-7H,3-4,8,18H2;1H. The van der Waals surface area contributed by atoms with Crippen molar-refractivity contribution in [3.8, 4) is 16.9 Å². The predicted octanol–water partition coefficient (Wildman–Crippen LogP) is 3.01. The molecule has 0 aliphatic rings. The van der Waals surface area contributed by atoms with Crippen LogP contribution in [-0.2, 0) is 6.54 Å². The van der Waals surface area contributed by atoms with E-state index in [9.17, 15) is 17.6 Å². The molecule has 2 rings (SSSR count). The fourth-order valence-electron chi connectivity index (χ4n) is 1.72. The Hall–Kier alpha value is -1.80. The summed E-state index contributed by atoms with van der Waals surface area (Å²) in [5, 5.41) is 4.04. The van der Waals surface area contributed by atoms with Crippen LogP contribution in [0.4, 0.5) is 17.6 Å². The zero-order valence-electron chi connectivity index (χ0n) is 11.3. The first-order valence-electron chi connectivity index (χ1n) is 6.11. The molecule has 0 saturated carbocycles. The van der Waals surface area contributed by atoms with Crippen LogP contribution in [0, 0.1) is 5.82 Å². The van der Waals surface area contributed by atoms with E-state index in [1.165, 1.54) is 12.3 Å². The van der Waals surface area contributed by atoms with Crippen LogP contribution in [0.5, 0.6) is 5.75 Å². The highest BCUT2D eigenvalue weighted by Gasteiger charge is 2.28. The van der Waals surface area contributed by atoms with E-state index in [0.29, 0.717) is 24.2 Å².